The Bertz CT molecular complexity index is 685. The van der Waals surface area contributed by atoms with Crippen molar-refractivity contribution in [2.24, 2.45) is 7.05 Å². The van der Waals surface area contributed by atoms with Gasteiger partial charge >= 0.3 is 5.69 Å². The molecule has 0 bridgehead atoms. The molecule has 110 valence electrons. The maximum absolute atomic E-state index is 13.4. The van der Waals surface area contributed by atoms with Gasteiger partial charge in [-0.25, -0.2) is 0 Å². The van der Waals surface area contributed by atoms with E-state index in [1.165, 1.54) is 6.07 Å². The van der Waals surface area contributed by atoms with Crippen LogP contribution in [0.3, 0.4) is 0 Å². The molecular weight excluding hydrogens is 281 g/mol. The Balaban J connectivity index is 1.96. The molecule has 0 aliphatic rings. The normalized spacial score (nSPS) is 10.4. The monoisotopic (exact) mass is 293 g/mol. The molecule has 0 spiro atoms. The molecule has 0 saturated carbocycles. The average Bonchev–Trinajstić information content (AvgIpc) is 2.83. The number of amides is 1. The van der Waals surface area contributed by atoms with Gasteiger partial charge in [-0.2, -0.15) is 4.39 Å². The number of carbonyl (C=O) groups excluding carboxylic acids is 1. The number of carbonyl (C=O) groups is 1. The van der Waals surface area contributed by atoms with E-state index in [0.29, 0.717) is 18.8 Å². The zero-order valence-corrected chi connectivity index (χ0v) is 11.1. The number of halogens is 1. The van der Waals surface area contributed by atoms with E-state index in [4.69, 9.17) is 0 Å². The van der Waals surface area contributed by atoms with E-state index in [9.17, 15) is 19.3 Å². The zero-order chi connectivity index (χ0) is 15.4. The first-order valence-electron chi connectivity index (χ1n) is 6.04. The van der Waals surface area contributed by atoms with Crippen LogP contribution in [0.25, 0.3) is 0 Å². The summed E-state index contributed by atoms with van der Waals surface area (Å²) in [7, 11) is 1.78. The lowest BCUT2D eigenvalue weighted by molar-refractivity contribution is -0.387. The number of benzene rings is 1. The summed E-state index contributed by atoms with van der Waals surface area (Å²) in [5.41, 5.74) is -0.637. The second-order valence-corrected chi connectivity index (χ2v) is 4.29. The van der Waals surface area contributed by atoms with Gasteiger partial charge in [0.05, 0.1) is 4.92 Å². The maximum Gasteiger partial charge on any atom is 0.304 e. The molecule has 0 aliphatic heterocycles. The third-order valence-corrected chi connectivity index (χ3v) is 2.85. The Morgan fingerprint density at radius 1 is 1.52 bits per heavy atom. The summed E-state index contributed by atoms with van der Waals surface area (Å²) in [6, 6.07) is 3.02. The van der Waals surface area contributed by atoms with Gasteiger partial charge in [0, 0.05) is 31.6 Å². The summed E-state index contributed by atoms with van der Waals surface area (Å²) in [6.07, 6.45) is 2.01. The summed E-state index contributed by atoms with van der Waals surface area (Å²) in [4.78, 5) is 21.4. The minimum atomic E-state index is -1.04. The summed E-state index contributed by atoms with van der Waals surface area (Å²) < 4.78 is 15.1. The molecule has 1 heterocycles. The van der Waals surface area contributed by atoms with Crippen LogP contribution in [-0.2, 0) is 13.5 Å². The maximum atomic E-state index is 13.4. The second-order valence-electron chi connectivity index (χ2n) is 4.29. The lowest BCUT2D eigenvalue weighted by Gasteiger charge is -2.05. The fourth-order valence-electron chi connectivity index (χ4n) is 1.72. The van der Waals surface area contributed by atoms with Crippen LogP contribution in [0.4, 0.5) is 10.1 Å². The van der Waals surface area contributed by atoms with Gasteiger partial charge < -0.3 is 9.88 Å². The van der Waals surface area contributed by atoms with Crippen molar-refractivity contribution in [3.05, 3.63) is 51.8 Å². The number of nitrogens with zero attached hydrogens (tertiary/aromatic N) is 4. The van der Waals surface area contributed by atoms with E-state index in [0.717, 1.165) is 12.1 Å². The Morgan fingerprint density at radius 2 is 2.29 bits per heavy atom. The smallest absolute Gasteiger partial charge is 0.304 e. The number of rotatable bonds is 5. The van der Waals surface area contributed by atoms with Gasteiger partial charge in [-0.1, -0.05) is 0 Å². The zero-order valence-electron chi connectivity index (χ0n) is 11.1. The molecule has 0 saturated heterocycles. The third-order valence-electron chi connectivity index (χ3n) is 2.85. The van der Waals surface area contributed by atoms with Crippen molar-refractivity contribution in [1.82, 2.24) is 20.1 Å². The Kier molecular flexibility index (Phi) is 4.21. The van der Waals surface area contributed by atoms with Crippen LogP contribution >= 0.6 is 0 Å². The number of hydrogen-bond donors (Lipinski definition) is 1. The highest BCUT2D eigenvalue weighted by molar-refractivity contribution is 5.94. The predicted molar refractivity (Wildman–Crippen MR) is 70.1 cm³/mol. The standard InChI is InChI=1S/C12H12FN5O3/c1-17-7-15-16-11(17)4-5-14-12(19)8-2-3-10(18(20)21)9(13)6-8/h2-3,6-7H,4-5H2,1H3,(H,14,19). The summed E-state index contributed by atoms with van der Waals surface area (Å²) in [5, 5.41) is 20.6. The van der Waals surface area contributed by atoms with E-state index in [-0.39, 0.29) is 5.56 Å². The van der Waals surface area contributed by atoms with Gasteiger partial charge in [-0.15, -0.1) is 10.2 Å². The van der Waals surface area contributed by atoms with Crippen LogP contribution in [0, 0.1) is 15.9 Å². The first kappa shape index (κ1) is 14.6. The van der Waals surface area contributed by atoms with Crippen LogP contribution < -0.4 is 5.32 Å². The van der Waals surface area contributed by atoms with E-state index < -0.39 is 22.3 Å². The molecule has 1 amide bonds. The van der Waals surface area contributed by atoms with Crippen LogP contribution in [0.15, 0.2) is 24.5 Å². The van der Waals surface area contributed by atoms with Crippen LogP contribution in [-0.4, -0.2) is 32.1 Å². The molecule has 0 radical (unpaired) electrons. The van der Waals surface area contributed by atoms with Crippen LogP contribution in [0.1, 0.15) is 16.2 Å². The lowest BCUT2D eigenvalue weighted by Crippen LogP contribution is -2.26. The summed E-state index contributed by atoms with van der Waals surface area (Å²) in [5.74, 6) is -0.850. The second kappa shape index (κ2) is 6.07. The molecule has 1 N–H and O–H groups in total. The highest BCUT2D eigenvalue weighted by atomic mass is 19.1. The first-order chi connectivity index (χ1) is 9.99. The van der Waals surface area contributed by atoms with Crippen molar-refractivity contribution in [2.75, 3.05) is 6.54 Å². The molecule has 0 aliphatic carbocycles. The predicted octanol–water partition coefficient (Wildman–Crippen LogP) is 0.835. The molecule has 1 aromatic heterocycles. The highest BCUT2D eigenvalue weighted by Gasteiger charge is 2.16. The number of nitro groups is 1. The molecule has 0 atom stereocenters. The van der Waals surface area contributed by atoms with E-state index in [1.54, 1.807) is 17.9 Å². The van der Waals surface area contributed by atoms with Crippen LogP contribution in [0.2, 0.25) is 0 Å². The minimum Gasteiger partial charge on any atom is -0.352 e. The third kappa shape index (κ3) is 3.38. The molecule has 8 nitrogen and oxygen atoms in total. The van der Waals surface area contributed by atoms with Crippen molar-refractivity contribution in [3.8, 4) is 0 Å². The van der Waals surface area contributed by atoms with Crippen molar-refractivity contribution < 1.29 is 14.1 Å². The number of aryl methyl sites for hydroxylation is 1. The molecule has 0 unspecified atom stereocenters. The van der Waals surface area contributed by atoms with E-state index in [2.05, 4.69) is 15.5 Å². The Hall–Kier alpha value is -2.84. The number of nitro benzene ring substituents is 1. The molecule has 0 fully saturated rings. The largest absolute Gasteiger partial charge is 0.352 e. The minimum absolute atomic E-state index is 0.0241. The van der Waals surface area contributed by atoms with Gasteiger partial charge in [0.25, 0.3) is 5.91 Å². The van der Waals surface area contributed by atoms with E-state index >= 15 is 0 Å². The average molecular weight is 293 g/mol. The molecular formula is C12H12FN5O3. The number of aromatic nitrogens is 3. The van der Waals surface area contributed by atoms with Gasteiger partial charge in [0.2, 0.25) is 5.82 Å². The Morgan fingerprint density at radius 3 is 2.86 bits per heavy atom. The van der Waals surface area contributed by atoms with Crippen molar-refractivity contribution in [3.63, 3.8) is 0 Å². The van der Waals surface area contributed by atoms with Gasteiger partial charge in [-0.05, 0) is 12.1 Å². The fourth-order valence-corrected chi connectivity index (χ4v) is 1.72. The molecule has 21 heavy (non-hydrogen) atoms. The van der Waals surface area contributed by atoms with E-state index in [1.807, 2.05) is 0 Å². The molecule has 2 rings (SSSR count). The number of nitrogens with one attached hydrogen (secondary N) is 1. The fraction of sp³-hybridized carbons (Fsp3) is 0.250. The topological polar surface area (TPSA) is 103 Å². The lowest BCUT2D eigenvalue weighted by atomic mass is 10.2. The summed E-state index contributed by atoms with van der Waals surface area (Å²) in [6.45, 7) is 0.296. The quantitative estimate of drug-likeness (QED) is 0.649. The molecule has 2 aromatic rings. The molecule has 1 aromatic carbocycles. The van der Waals surface area contributed by atoms with Crippen molar-refractivity contribution >= 4 is 11.6 Å². The van der Waals surface area contributed by atoms with Crippen molar-refractivity contribution in [2.45, 2.75) is 6.42 Å². The van der Waals surface area contributed by atoms with Gasteiger partial charge in [0.1, 0.15) is 12.2 Å². The van der Waals surface area contributed by atoms with Gasteiger partial charge in [-0.3, -0.25) is 14.9 Å². The number of hydrogen-bond acceptors (Lipinski definition) is 5. The Labute approximate surface area is 118 Å². The molecule has 9 heteroatoms. The summed E-state index contributed by atoms with van der Waals surface area (Å²) >= 11 is 0. The SMILES string of the molecule is Cn1cnnc1CCNC(=O)c1ccc([N+](=O)[O-])c(F)c1. The highest BCUT2D eigenvalue weighted by Crippen LogP contribution is 2.17. The van der Waals surface area contributed by atoms with Crippen LogP contribution in [0.5, 0.6) is 0 Å². The van der Waals surface area contributed by atoms with Crippen molar-refractivity contribution in [1.29, 1.82) is 0 Å². The van der Waals surface area contributed by atoms with Gasteiger partial charge in [0.15, 0.2) is 0 Å². The first-order valence-corrected chi connectivity index (χ1v) is 6.04.